The highest BCUT2D eigenvalue weighted by Crippen LogP contribution is 2.15. The van der Waals surface area contributed by atoms with E-state index < -0.39 is 0 Å². The molecule has 2 saturated heterocycles. The zero-order valence-corrected chi connectivity index (χ0v) is 15.0. The zero-order chi connectivity index (χ0) is 17.6. The highest BCUT2D eigenvalue weighted by Gasteiger charge is 2.31. The molecule has 25 heavy (non-hydrogen) atoms. The number of carbonyl (C=O) groups is 2. The molecule has 3 rings (SSSR count). The quantitative estimate of drug-likeness (QED) is 0.812. The molecule has 2 fully saturated rings. The largest absolute Gasteiger partial charge is 0.355 e. The van der Waals surface area contributed by atoms with Gasteiger partial charge in [0.15, 0.2) is 0 Å². The fraction of sp³-hybridized carbons (Fsp3) is 0.579. The number of nitrogens with zero attached hydrogens (tertiary/aromatic N) is 3. The third-order valence-corrected chi connectivity index (χ3v) is 5.15. The lowest BCUT2D eigenvalue weighted by Crippen LogP contribution is -2.48. The molecule has 2 aliphatic rings. The van der Waals surface area contributed by atoms with Gasteiger partial charge in [-0.15, -0.1) is 0 Å². The molecule has 2 amide bonds. The Hall–Kier alpha value is -1.92. The van der Waals surface area contributed by atoms with Gasteiger partial charge in [-0.3, -0.25) is 19.4 Å². The maximum atomic E-state index is 12.1. The molecule has 1 N–H and O–H groups in total. The normalized spacial score (nSPS) is 22.4. The molecule has 1 atom stereocenters. The summed E-state index contributed by atoms with van der Waals surface area (Å²) in [6.45, 7) is 7.28. The predicted octanol–water partition coefficient (Wildman–Crippen LogP) is 0.399. The van der Waals surface area contributed by atoms with Gasteiger partial charge in [-0.25, -0.2) is 0 Å². The van der Waals surface area contributed by atoms with Crippen LogP contribution in [-0.4, -0.2) is 79.4 Å². The summed E-state index contributed by atoms with van der Waals surface area (Å²) in [5.41, 5.74) is 1.36. The van der Waals surface area contributed by atoms with Gasteiger partial charge in [-0.05, 0) is 5.56 Å². The van der Waals surface area contributed by atoms with Crippen molar-refractivity contribution in [3.8, 4) is 0 Å². The molecule has 0 unspecified atom stereocenters. The summed E-state index contributed by atoms with van der Waals surface area (Å²) in [7, 11) is 1.75. The molecular weight excluding hydrogens is 316 g/mol. The molecule has 0 spiro atoms. The third-order valence-electron chi connectivity index (χ3n) is 5.15. The highest BCUT2D eigenvalue weighted by atomic mass is 16.2. The van der Waals surface area contributed by atoms with E-state index in [2.05, 4.69) is 45.4 Å². The second-order valence-electron chi connectivity index (χ2n) is 7.07. The Morgan fingerprint density at radius 3 is 2.44 bits per heavy atom. The Morgan fingerprint density at radius 1 is 1.12 bits per heavy atom. The van der Waals surface area contributed by atoms with Gasteiger partial charge in [0.05, 0.1) is 5.92 Å². The maximum absolute atomic E-state index is 12.1. The van der Waals surface area contributed by atoms with E-state index in [0.29, 0.717) is 19.5 Å². The third kappa shape index (κ3) is 5.03. The summed E-state index contributed by atoms with van der Waals surface area (Å²) >= 11 is 0. The van der Waals surface area contributed by atoms with E-state index in [1.165, 1.54) is 5.56 Å². The molecule has 0 bridgehead atoms. The summed E-state index contributed by atoms with van der Waals surface area (Å²) in [5, 5.41) is 2.99. The molecule has 1 aromatic carbocycles. The Labute approximate surface area is 149 Å². The standard InChI is InChI=1S/C19H28N4O2/c1-21-15-17(13-18(21)24)19(25)20-7-8-22-9-11-23(12-10-22)14-16-5-3-2-4-6-16/h2-6,17H,7-15H2,1H3,(H,20,25)/t17-/m0/s1. The van der Waals surface area contributed by atoms with Crippen LogP contribution in [0.15, 0.2) is 30.3 Å². The number of hydrogen-bond donors (Lipinski definition) is 1. The SMILES string of the molecule is CN1C[C@@H](C(=O)NCCN2CCN(Cc3ccccc3)CC2)CC1=O. The lowest BCUT2D eigenvalue weighted by atomic mass is 10.1. The van der Waals surface area contributed by atoms with E-state index in [1.54, 1.807) is 11.9 Å². The minimum absolute atomic E-state index is 0.0143. The van der Waals surface area contributed by atoms with E-state index in [9.17, 15) is 9.59 Å². The van der Waals surface area contributed by atoms with Crippen LogP contribution in [0.2, 0.25) is 0 Å². The molecule has 2 heterocycles. The van der Waals surface area contributed by atoms with Crippen LogP contribution in [0.1, 0.15) is 12.0 Å². The van der Waals surface area contributed by atoms with Crippen molar-refractivity contribution in [2.24, 2.45) is 5.92 Å². The Bertz CT molecular complexity index is 584. The van der Waals surface area contributed by atoms with Gasteiger partial charge in [0, 0.05) is 65.8 Å². The molecule has 6 nitrogen and oxygen atoms in total. The van der Waals surface area contributed by atoms with Gasteiger partial charge in [0.2, 0.25) is 11.8 Å². The van der Waals surface area contributed by atoms with Crippen LogP contribution in [0, 0.1) is 5.92 Å². The predicted molar refractivity (Wildman–Crippen MR) is 96.9 cm³/mol. The van der Waals surface area contributed by atoms with Gasteiger partial charge >= 0.3 is 0 Å². The van der Waals surface area contributed by atoms with Crippen LogP contribution in [-0.2, 0) is 16.1 Å². The first kappa shape index (κ1) is 17.9. The van der Waals surface area contributed by atoms with Crippen LogP contribution in [0.3, 0.4) is 0 Å². The molecule has 0 radical (unpaired) electrons. The topological polar surface area (TPSA) is 55.9 Å². The van der Waals surface area contributed by atoms with Gasteiger partial charge in [-0.1, -0.05) is 30.3 Å². The fourth-order valence-corrected chi connectivity index (χ4v) is 3.53. The second-order valence-corrected chi connectivity index (χ2v) is 7.07. The molecule has 6 heteroatoms. The summed E-state index contributed by atoms with van der Waals surface area (Å²) in [6, 6.07) is 10.6. The zero-order valence-electron chi connectivity index (χ0n) is 15.0. The Kier molecular flexibility index (Phi) is 6.04. The van der Waals surface area contributed by atoms with Gasteiger partial charge in [-0.2, -0.15) is 0 Å². The first-order chi connectivity index (χ1) is 12.1. The summed E-state index contributed by atoms with van der Waals surface area (Å²) in [4.78, 5) is 30.1. The first-order valence-corrected chi connectivity index (χ1v) is 9.12. The van der Waals surface area contributed by atoms with Crippen LogP contribution >= 0.6 is 0 Å². The Morgan fingerprint density at radius 2 is 1.80 bits per heavy atom. The van der Waals surface area contributed by atoms with Crippen molar-refractivity contribution in [1.82, 2.24) is 20.0 Å². The van der Waals surface area contributed by atoms with Crippen molar-refractivity contribution < 1.29 is 9.59 Å². The van der Waals surface area contributed by atoms with Gasteiger partial charge in [0.25, 0.3) is 0 Å². The van der Waals surface area contributed by atoms with Crippen molar-refractivity contribution in [1.29, 1.82) is 0 Å². The Balaban J connectivity index is 1.32. The smallest absolute Gasteiger partial charge is 0.225 e. The lowest BCUT2D eigenvalue weighted by Gasteiger charge is -2.34. The van der Waals surface area contributed by atoms with Crippen LogP contribution < -0.4 is 5.32 Å². The molecular formula is C19H28N4O2. The molecule has 0 saturated carbocycles. The summed E-state index contributed by atoms with van der Waals surface area (Å²) in [6.07, 6.45) is 0.348. The molecule has 0 aromatic heterocycles. The average molecular weight is 344 g/mol. The number of rotatable bonds is 6. The molecule has 1 aromatic rings. The summed E-state index contributed by atoms with van der Waals surface area (Å²) in [5.74, 6) is -0.102. The van der Waals surface area contributed by atoms with Crippen molar-refractivity contribution in [2.75, 3.05) is 52.9 Å². The van der Waals surface area contributed by atoms with E-state index in [4.69, 9.17) is 0 Å². The van der Waals surface area contributed by atoms with E-state index >= 15 is 0 Å². The number of carbonyl (C=O) groups excluding carboxylic acids is 2. The highest BCUT2D eigenvalue weighted by molar-refractivity contribution is 5.89. The molecule has 2 aliphatic heterocycles. The van der Waals surface area contributed by atoms with E-state index in [0.717, 1.165) is 39.3 Å². The van der Waals surface area contributed by atoms with Crippen LogP contribution in [0.5, 0.6) is 0 Å². The van der Waals surface area contributed by atoms with Crippen molar-refractivity contribution >= 4 is 11.8 Å². The number of hydrogen-bond acceptors (Lipinski definition) is 4. The number of amides is 2. The average Bonchev–Trinajstić information content (AvgIpc) is 2.96. The lowest BCUT2D eigenvalue weighted by molar-refractivity contribution is -0.128. The number of piperazine rings is 1. The summed E-state index contributed by atoms with van der Waals surface area (Å²) < 4.78 is 0. The number of benzene rings is 1. The number of likely N-dealkylation sites (tertiary alicyclic amines) is 1. The van der Waals surface area contributed by atoms with Gasteiger partial charge in [0.1, 0.15) is 0 Å². The van der Waals surface area contributed by atoms with Crippen molar-refractivity contribution in [3.05, 3.63) is 35.9 Å². The van der Waals surface area contributed by atoms with Crippen molar-refractivity contribution in [2.45, 2.75) is 13.0 Å². The minimum atomic E-state index is -0.180. The molecule has 136 valence electrons. The van der Waals surface area contributed by atoms with E-state index in [-0.39, 0.29) is 17.7 Å². The first-order valence-electron chi connectivity index (χ1n) is 9.12. The van der Waals surface area contributed by atoms with Gasteiger partial charge < -0.3 is 10.2 Å². The van der Waals surface area contributed by atoms with Crippen LogP contribution in [0.4, 0.5) is 0 Å². The van der Waals surface area contributed by atoms with Crippen LogP contribution in [0.25, 0.3) is 0 Å². The second kappa shape index (κ2) is 8.45. The monoisotopic (exact) mass is 344 g/mol. The maximum Gasteiger partial charge on any atom is 0.225 e. The van der Waals surface area contributed by atoms with E-state index in [1.807, 2.05) is 0 Å². The number of nitrogens with one attached hydrogen (secondary N) is 1. The molecule has 0 aliphatic carbocycles. The van der Waals surface area contributed by atoms with Crippen molar-refractivity contribution in [3.63, 3.8) is 0 Å². The fourth-order valence-electron chi connectivity index (χ4n) is 3.53. The minimum Gasteiger partial charge on any atom is -0.355 e.